The Morgan fingerprint density at radius 2 is 2.13 bits per heavy atom. The quantitative estimate of drug-likeness (QED) is 0.777. The fourth-order valence-electron chi connectivity index (χ4n) is 3.70. The van der Waals surface area contributed by atoms with Gasteiger partial charge in [-0.15, -0.1) is 0 Å². The lowest BCUT2D eigenvalue weighted by atomic mass is 10.0. The average molecular weight is 315 g/mol. The Balaban J connectivity index is 1.80. The van der Waals surface area contributed by atoms with E-state index >= 15 is 0 Å². The first-order valence-corrected chi connectivity index (χ1v) is 8.41. The largest absolute Gasteiger partial charge is 0.497 e. The maximum Gasteiger partial charge on any atom is 0.223 e. The summed E-state index contributed by atoms with van der Waals surface area (Å²) < 4.78 is 10.9. The Bertz CT molecular complexity index is 596. The first-order chi connectivity index (χ1) is 11.2. The highest BCUT2D eigenvalue weighted by Gasteiger charge is 2.32. The monoisotopic (exact) mass is 315 g/mol. The van der Waals surface area contributed by atoms with Crippen LogP contribution < -0.4 is 9.47 Å². The van der Waals surface area contributed by atoms with Crippen molar-refractivity contribution in [2.45, 2.75) is 38.1 Å². The normalized spacial score (nSPS) is 23.3. The van der Waals surface area contributed by atoms with E-state index in [2.05, 4.69) is 12.2 Å². The number of rotatable bonds is 5. The zero-order valence-corrected chi connectivity index (χ0v) is 14.0. The predicted octanol–water partition coefficient (Wildman–Crippen LogP) is 3.72. The van der Waals surface area contributed by atoms with Gasteiger partial charge in [-0.1, -0.05) is 12.2 Å². The van der Waals surface area contributed by atoms with Crippen molar-refractivity contribution in [2.24, 2.45) is 5.92 Å². The highest BCUT2D eigenvalue weighted by Crippen LogP contribution is 2.39. The summed E-state index contributed by atoms with van der Waals surface area (Å²) in [5.74, 6) is 2.31. The van der Waals surface area contributed by atoms with E-state index in [0.29, 0.717) is 12.3 Å². The highest BCUT2D eigenvalue weighted by atomic mass is 16.5. The van der Waals surface area contributed by atoms with Crippen molar-refractivity contribution >= 4 is 5.91 Å². The molecule has 1 aromatic rings. The number of benzene rings is 1. The van der Waals surface area contributed by atoms with Gasteiger partial charge in [0.05, 0.1) is 20.3 Å². The summed E-state index contributed by atoms with van der Waals surface area (Å²) in [5, 5.41) is 0. The van der Waals surface area contributed by atoms with Crippen molar-refractivity contribution < 1.29 is 14.3 Å². The average Bonchev–Trinajstić information content (AvgIpc) is 3.25. The molecule has 0 radical (unpaired) electrons. The summed E-state index contributed by atoms with van der Waals surface area (Å²) in [5.41, 5.74) is 1.06. The van der Waals surface area contributed by atoms with Crippen molar-refractivity contribution in [3.8, 4) is 11.5 Å². The summed E-state index contributed by atoms with van der Waals surface area (Å²) in [6.07, 6.45) is 9.23. The molecular weight excluding hydrogens is 290 g/mol. The van der Waals surface area contributed by atoms with Crippen LogP contribution in [0.3, 0.4) is 0 Å². The maximum atomic E-state index is 12.8. The standard InChI is InChI=1S/C19H25NO3/c1-22-15-9-10-18(23-2)16(13-15)17-8-5-11-20(17)19(21)12-14-6-3-4-7-14/h3,6,9-10,13-14,17H,4-5,7-8,11-12H2,1-2H3/t14-,17-/m1/s1. The molecule has 4 heteroatoms. The van der Waals surface area contributed by atoms with E-state index in [9.17, 15) is 4.79 Å². The molecule has 1 heterocycles. The van der Waals surface area contributed by atoms with Crippen LogP contribution in [-0.2, 0) is 4.79 Å². The second-order valence-corrected chi connectivity index (χ2v) is 6.32. The van der Waals surface area contributed by atoms with E-state index in [1.807, 2.05) is 23.1 Å². The van der Waals surface area contributed by atoms with Gasteiger partial charge in [-0.05, 0) is 49.8 Å². The minimum absolute atomic E-state index is 0.0953. The second kappa shape index (κ2) is 7.07. The molecule has 0 unspecified atom stereocenters. The molecule has 1 fully saturated rings. The number of hydrogen-bond acceptors (Lipinski definition) is 3. The Morgan fingerprint density at radius 3 is 2.83 bits per heavy atom. The molecule has 0 bridgehead atoms. The lowest BCUT2D eigenvalue weighted by Crippen LogP contribution is -2.31. The molecule has 4 nitrogen and oxygen atoms in total. The van der Waals surface area contributed by atoms with Gasteiger partial charge in [0.15, 0.2) is 0 Å². The zero-order chi connectivity index (χ0) is 16.2. The van der Waals surface area contributed by atoms with Crippen LogP contribution in [0.2, 0.25) is 0 Å². The van der Waals surface area contributed by atoms with Crippen molar-refractivity contribution in [1.82, 2.24) is 4.90 Å². The van der Waals surface area contributed by atoms with Crippen molar-refractivity contribution in [2.75, 3.05) is 20.8 Å². The number of amides is 1. The van der Waals surface area contributed by atoms with Gasteiger partial charge in [0.25, 0.3) is 0 Å². The molecule has 2 atom stereocenters. The van der Waals surface area contributed by atoms with Gasteiger partial charge in [0, 0.05) is 18.5 Å². The van der Waals surface area contributed by atoms with E-state index in [0.717, 1.165) is 49.3 Å². The van der Waals surface area contributed by atoms with Crippen LogP contribution in [-0.4, -0.2) is 31.6 Å². The van der Waals surface area contributed by atoms with Crippen molar-refractivity contribution in [1.29, 1.82) is 0 Å². The van der Waals surface area contributed by atoms with E-state index < -0.39 is 0 Å². The minimum Gasteiger partial charge on any atom is -0.497 e. The molecule has 1 aliphatic carbocycles. The number of hydrogen-bond donors (Lipinski definition) is 0. The van der Waals surface area contributed by atoms with Gasteiger partial charge < -0.3 is 14.4 Å². The fraction of sp³-hybridized carbons (Fsp3) is 0.526. The Kier molecular flexibility index (Phi) is 4.89. The topological polar surface area (TPSA) is 38.8 Å². The number of allylic oxidation sites excluding steroid dienone is 2. The van der Waals surface area contributed by atoms with Gasteiger partial charge in [-0.2, -0.15) is 0 Å². The van der Waals surface area contributed by atoms with Gasteiger partial charge >= 0.3 is 0 Å². The summed E-state index contributed by atoms with van der Waals surface area (Å²) >= 11 is 0. The first-order valence-electron chi connectivity index (χ1n) is 8.41. The molecule has 1 amide bonds. The van der Waals surface area contributed by atoms with Crippen LogP contribution in [0.1, 0.15) is 43.7 Å². The SMILES string of the molecule is COc1ccc(OC)c([C@H]2CCCN2C(=O)C[C@@H]2C=CCC2)c1. The number of nitrogens with zero attached hydrogens (tertiary/aromatic N) is 1. The fourth-order valence-corrected chi connectivity index (χ4v) is 3.70. The molecule has 3 rings (SSSR count). The number of methoxy groups -OCH3 is 2. The van der Waals surface area contributed by atoms with Crippen LogP contribution in [0.5, 0.6) is 11.5 Å². The van der Waals surface area contributed by atoms with E-state index in [4.69, 9.17) is 9.47 Å². The van der Waals surface area contributed by atoms with E-state index in [1.54, 1.807) is 14.2 Å². The second-order valence-electron chi connectivity index (χ2n) is 6.32. The molecule has 0 N–H and O–H groups in total. The summed E-state index contributed by atoms with van der Waals surface area (Å²) in [6.45, 7) is 0.834. The highest BCUT2D eigenvalue weighted by molar-refractivity contribution is 5.77. The Labute approximate surface area is 138 Å². The molecule has 1 aliphatic heterocycles. The van der Waals surface area contributed by atoms with Crippen molar-refractivity contribution in [3.05, 3.63) is 35.9 Å². The molecule has 1 saturated heterocycles. The zero-order valence-electron chi connectivity index (χ0n) is 14.0. The molecule has 0 saturated carbocycles. The Hall–Kier alpha value is -1.97. The Morgan fingerprint density at radius 1 is 1.26 bits per heavy atom. The van der Waals surface area contributed by atoms with E-state index in [-0.39, 0.29) is 11.9 Å². The molecule has 23 heavy (non-hydrogen) atoms. The molecule has 124 valence electrons. The predicted molar refractivity (Wildman–Crippen MR) is 89.7 cm³/mol. The van der Waals surface area contributed by atoms with Gasteiger partial charge in [0.1, 0.15) is 11.5 Å². The third-order valence-electron chi connectivity index (χ3n) is 4.92. The molecular formula is C19H25NO3. The first kappa shape index (κ1) is 15.9. The molecule has 2 aliphatic rings. The maximum absolute atomic E-state index is 12.8. The van der Waals surface area contributed by atoms with Gasteiger partial charge in [-0.3, -0.25) is 4.79 Å². The minimum atomic E-state index is 0.0953. The van der Waals surface area contributed by atoms with Crippen LogP contribution in [0.4, 0.5) is 0 Å². The third-order valence-corrected chi connectivity index (χ3v) is 4.92. The van der Waals surface area contributed by atoms with Crippen LogP contribution in [0.25, 0.3) is 0 Å². The summed E-state index contributed by atoms with van der Waals surface area (Å²) in [7, 11) is 3.34. The third kappa shape index (κ3) is 3.36. The van der Waals surface area contributed by atoms with Crippen LogP contribution in [0, 0.1) is 5.92 Å². The van der Waals surface area contributed by atoms with Gasteiger partial charge in [0.2, 0.25) is 5.91 Å². The smallest absolute Gasteiger partial charge is 0.223 e. The summed E-state index contributed by atoms with van der Waals surface area (Å²) in [4.78, 5) is 14.8. The lowest BCUT2D eigenvalue weighted by Gasteiger charge is -2.27. The molecule has 0 spiro atoms. The number of carbonyl (C=O) groups excluding carboxylic acids is 1. The van der Waals surface area contributed by atoms with E-state index in [1.165, 1.54) is 0 Å². The number of ether oxygens (including phenoxy) is 2. The van der Waals surface area contributed by atoms with Crippen LogP contribution in [0.15, 0.2) is 30.4 Å². The molecule has 1 aromatic carbocycles. The van der Waals surface area contributed by atoms with Gasteiger partial charge in [-0.25, -0.2) is 0 Å². The number of carbonyl (C=O) groups is 1. The van der Waals surface area contributed by atoms with Crippen molar-refractivity contribution in [3.63, 3.8) is 0 Å². The molecule has 0 aromatic heterocycles. The summed E-state index contributed by atoms with van der Waals surface area (Å²) in [6, 6.07) is 5.92. The number of likely N-dealkylation sites (tertiary alicyclic amines) is 1. The lowest BCUT2D eigenvalue weighted by molar-refractivity contribution is -0.132. The van der Waals surface area contributed by atoms with Crippen LogP contribution >= 0.6 is 0 Å².